The van der Waals surface area contributed by atoms with Crippen LogP contribution in [0, 0.1) is 13.8 Å². The van der Waals surface area contributed by atoms with Gasteiger partial charge in [-0.2, -0.15) is 0 Å². The second kappa shape index (κ2) is 11.0. The minimum absolute atomic E-state index is 0.0275. The van der Waals surface area contributed by atoms with Gasteiger partial charge >= 0.3 is 6.03 Å². The molecule has 0 spiro atoms. The summed E-state index contributed by atoms with van der Waals surface area (Å²) in [5, 5.41) is 12.2. The number of carbonyl (C=O) groups is 3. The first-order chi connectivity index (χ1) is 17.3. The number of rotatable bonds is 6. The van der Waals surface area contributed by atoms with Gasteiger partial charge in [0.25, 0.3) is 5.91 Å². The Kier molecular flexibility index (Phi) is 7.78. The van der Waals surface area contributed by atoms with Crippen LogP contribution in [0.4, 0.5) is 16.2 Å². The van der Waals surface area contributed by atoms with E-state index < -0.39 is 6.03 Å². The third kappa shape index (κ3) is 5.62. The molecule has 0 radical (unpaired) electrons. The standard InChI is InChI=1S/C25H33N5O6/c1-5-10-26-22(31)12-17-7-8-19-21(35-17)13-34-20-9-6-16(11-18(20)24(32)30(19)4)27-25(33)28-23-14(2)29-36-15(23)3/h6,9,11,17,19,21H,5,7-8,10,12-13H2,1-4H3,(H,26,31)(H2,27,28,33)/t17-,19-,21-/m0/s1. The number of aryl methyl sites for hydroxylation is 2. The smallest absolute Gasteiger partial charge is 0.323 e. The van der Waals surface area contributed by atoms with E-state index in [2.05, 4.69) is 21.1 Å². The Morgan fingerprint density at radius 2 is 2.00 bits per heavy atom. The van der Waals surface area contributed by atoms with Gasteiger partial charge in [-0.15, -0.1) is 0 Å². The third-order valence-electron chi connectivity index (χ3n) is 6.53. The molecule has 0 unspecified atom stereocenters. The fourth-order valence-electron chi connectivity index (χ4n) is 4.59. The molecule has 4 rings (SSSR count). The highest BCUT2D eigenvalue weighted by Gasteiger charge is 2.39. The maximum Gasteiger partial charge on any atom is 0.323 e. The Morgan fingerprint density at radius 3 is 2.72 bits per heavy atom. The van der Waals surface area contributed by atoms with Crippen LogP contribution in [0.3, 0.4) is 0 Å². The molecule has 1 fully saturated rings. The van der Waals surface area contributed by atoms with Crippen molar-refractivity contribution in [3.8, 4) is 5.75 Å². The fourth-order valence-corrected chi connectivity index (χ4v) is 4.59. The number of likely N-dealkylation sites (N-methyl/N-ethyl adjacent to an activating group) is 1. The van der Waals surface area contributed by atoms with E-state index in [0.29, 0.717) is 59.9 Å². The third-order valence-corrected chi connectivity index (χ3v) is 6.53. The average molecular weight is 500 g/mol. The van der Waals surface area contributed by atoms with Gasteiger partial charge in [0.15, 0.2) is 5.76 Å². The number of hydrogen-bond donors (Lipinski definition) is 3. The van der Waals surface area contributed by atoms with Gasteiger partial charge < -0.3 is 34.8 Å². The zero-order valence-corrected chi connectivity index (χ0v) is 21.1. The van der Waals surface area contributed by atoms with Gasteiger partial charge in [-0.25, -0.2) is 4.79 Å². The van der Waals surface area contributed by atoms with Crippen LogP contribution in [0.25, 0.3) is 0 Å². The number of fused-ring (bicyclic) bond motifs is 2. The summed E-state index contributed by atoms with van der Waals surface area (Å²) < 4.78 is 17.3. The largest absolute Gasteiger partial charge is 0.490 e. The first kappa shape index (κ1) is 25.5. The SMILES string of the molecule is CCCNC(=O)C[C@@H]1CC[C@H]2[C@H](COc3ccc(NC(=O)Nc4c(C)noc4C)cc3C(=O)N2C)O1. The van der Waals surface area contributed by atoms with Crippen LogP contribution in [-0.2, 0) is 9.53 Å². The lowest BCUT2D eigenvalue weighted by Crippen LogP contribution is -2.54. The molecule has 3 heterocycles. The summed E-state index contributed by atoms with van der Waals surface area (Å²) in [6.45, 7) is 6.34. The van der Waals surface area contributed by atoms with Gasteiger partial charge in [0.2, 0.25) is 5.91 Å². The number of hydrogen-bond acceptors (Lipinski definition) is 7. The summed E-state index contributed by atoms with van der Waals surface area (Å²) in [6, 6.07) is 4.27. The number of ether oxygens (including phenoxy) is 2. The number of benzene rings is 1. The molecule has 3 N–H and O–H groups in total. The lowest BCUT2D eigenvalue weighted by atomic mass is 9.94. The van der Waals surface area contributed by atoms with Gasteiger partial charge in [0, 0.05) is 19.3 Å². The highest BCUT2D eigenvalue weighted by molar-refractivity contribution is 6.03. The van der Waals surface area contributed by atoms with Crippen LogP contribution in [0.15, 0.2) is 22.7 Å². The summed E-state index contributed by atoms with van der Waals surface area (Å²) in [7, 11) is 1.75. The van der Waals surface area contributed by atoms with Crippen molar-refractivity contribution in [2.45, 2.75) is 64.7 Å². The molecule has 0 aliphatic carbocycles. The zero-order valence-electron chi connectivity index (χ0n) is 21.1. The summed E-state index contributed by atoms with van der Waals surface area (Å²) >= 11 is 0. The fraction of sp³-hybridized carbons (Fsp3) is 0.520. The Balaban J connectivity index is 1.44. The summed E-state index contributed by atoms with van der Waals surface area (Å²) in [5.41, 5.74) is 1.87. The first-order valence-corrected chi connectivity index (χ1v) is 12.2. The van der Waals surface area contributed by atoms with E-state index in [-0.39, 0.29) is 36.7 Å². The molecule has 11 heteroatoms. The van der Waals surface area contributed by atoms with Crippen LogP contribution >= 0.6 is 0 Å². The molecular weight excluding hydrogens is 466 g/mol. The molecule has 11 nitrogen and oxygen atoms in total. The van der Waals surface area contributed by atoms with Crippen molar-refractivity contribution in [3.63, 3.8) is 0 Å². The number of amides is 4. The van der Waals surface area contributed by atoms with Gasteiger partial charge in [0.05, 0.1) is 24.1 Å². The topological polar surface area (TPSA) is 135 Å². The molecule has 2 aliphatic heterocycles. The molecule has 0 bridgehead atoms. The summed E-state index contributed by atoms with van der Waals surface area (Å²) in [6.07, 6.45) is 2.00. The predicted octanol–water partition coefficient (Wildman–Crippen LogP) is 3.23. The van der Waals surface area contributed by atoms with Crippen molar-refractivity contribution < 1.29 is 28.4 Å². The predicted molar refractivity (Wildman–Crippen MR) is 132 cm³/mol. The van der Waals surface area contributed by atoms with Gasteiger partial charge in [-0.05, 0) is 51.3 Å². The van der Waals surface area contributed by atoms with Crippen LogP contribution in [0.1, 0.15) is 54.4 Å². The second-order valence-corrected chi connectivity index (χ2v) is 9.21. The Hall–Kier alpha value is -3.60. The molecular formula is C25H33N5O6. The van der Waals surface area contributed by atoms with E-state index in [1.54, 1.807) is 44.0 Å². The van der Waals surface area contributed by atoms with Crippen LogP contribution < -0.4 is 20.7 Å². The number of urea groups is 1. The Morgan fingerprint density at radius 1 is 1.19 bits per heavy atom. The van der Waals surface area contributed by atoms with Crippen molar-refractivity contribution >= 4 is 29.2 Å². The molecule has 36 heavy (non-hydrogen) atoms. The van der Waals surface area contributed by atoms with Crippen molar-refractivity contribution in [2.75, 3.05) is 30.8 Å². The van der Waals surface area contributed by atoms with Gasteiger partial charge in [-0.1, -0.05) is 12.1 Å². The Bertz CT molecular complexity index is 1110. The van der Waals surface area contributed by atoms with Crippen molar-refractivity contribution in [1.29, 1.82) is 0 Å². The van der Waals surface area contributed by atoms with E-state index in [4.69, 9.17) is 14.0 Å². The van der Waals surface area contributed by atoms with E-state index in [1.807, 2.05) is 6.92 Å². The molecule has 1 aromatic carbocycles. The normalized spacial score (nSPS) is 21.4. The lowest BCUT2D eigenvalue weighted by molar-refractivity contribution is -0.134. The molecule has 2 aliphatic rings. The zero-order chi connectivity index (χ0) is 25.8. The molecule has 3 atom stereocenters. The molecule has 2 aromatic rings. The highest BCUT2D eigenvalue weighted by Crippen LogP contribution is 2.32. The molecule has 0 saturated carbocycles. The summed E-state index contributed by atoms with van der Waals surface area (Å²) in [4.78, 5) is 39.7. The van der Waals surface area contributed by atoms with Crippen molar-refractivity contribution in [2.24, 2.45) is 0 Å². The maximum atomic E-state index is 13.4. The van der Waals surface area contributed by atoms with Gasteiger partial charge in [0.1, 0.15) is 29.8 Å². The molecule has 1 saturated heterocycles. The number of nitrogens with zero attached hydrogens (tertiary/aromatic N) is 2. The second-order valence-electron chi connectivity index (χ2n) is 9.21. The molecule has 194 valence electrons. The maximum absolute atomic E-state index is 13.4. The lowest BCUT2D eigenvalue weighted by Gasteiger charge is -2.42. The molecule has 4 amide bonds. The average Bonchev–Trinajstić information content (AvgIpc) is 3.17. The van der Waals surface area contributed by atoms with E-state index in [9.17, 15) is 14.4 Å². The van der Waals surface area contributed by atoms with Crippen LogP contribution in [-0.4, -0.2) is 66.4 Å². The van der Waals surface area contributed by atoms with Crippen LogP contribution in [0.2, 0.25) is 0 Å². The van der Waals surface area contributed by atoms with Crippen LogP contribution in [0.5, 0.6) is 5.75 Å². The minimum atomic E-state index is -0.480. The highest BCUT2D eigenvalue weighted by atomic mass is 16.5. The molecule has 1 aromatic heterocycles. The van der Waals surface area contributed by atoms with E-state index in [1.165, 1.54) is 0 Å². The van der Waals surface area contributed by atoms with Gasteiger partial charge in [-0.3, -0.25) is 9.59 Å². The van der Waals surface area contributed by atoms with E-state index in [0.717, 1.165) is 6.42 Å². The number of aromatic nitrogens is 1. The van der Waals surface area contributed by atoms with E-state index >= 15 is 0 Å². The van der Waals surface area contributed by atoms with Crippen molar-refractivity contribution in [3.05, 3.63) is 35.2 Å². The number of carbonyl (C=O) groups excluding carboxylic acids is 3. The monoisotopic (exact) mass is 499 g/mol. The quantitative estimate of drug-likeness (QED) is 0.555. The summed E-state index contributed by atoms with van der Waals surface area (Å²) in [5.74, 6) is 0.657. The number of anilines is 2. The Labute approximate surface area is 209 Å². The first-order valence-electron chi connectivity index (χ1n) is 12.2. The number of nitrogens with one attached hydrogen (secondary N) is 3. The minimum Gasteiger partial charge on any atom is -0.490 e. The van der Waals surface area contributed by atoms with Crippen molar-refractivity contribution in [1.82, 2.24) is 15.4 Å².